The number of rotatable bonds is 59. The molecule has 0 amide bonds. The third kappa shape index (κ3) is 63.0. The van der Waals surface area contributed by atoms with Crippen LogP contribution in [-0.2, 0) is 28.6 Å². The number of carbonyl (C=O) groups is 3. The summed E-state index contributed by atoms with van der Waals surface area (Å²) in [6.45, 7) is 6.45. The molecular weight excluding hydrogens is 949 g/mol. The van der Waals surface area contributed by atoms with E-state index in [0.29, 0.717) is 19.3 Å². The standard InChI is InChI=1S/C71H122O6/c1-4-7-10-13-16-19-22-25-27-29-30-31-32-33-34-35-36-37-38-39-40-42-43-46-49-52-55-58-61-64-70(73)76-67-68(66-75-69(72)63-60-57-54-51-48-45-24-21-18-15-12-9-6-3)77-71(74)65-62-59-56-53-50-47-44-41-28-26-23-20-17-14-11-8-5-2/h7,10,12,15-17,19-21,24-28,30-31,68H,4-6,8-9,11,13-14,18,22-23,29,32-67H2,1-3H3/b10-7-,15-12-,19-16-,20-17-,24-21-,27-25-,28-26-,31-30-. The van der Waals surface area contributed by atoms with Crippen molar-refractivity contribution < 1.29 is 28.6 Å². The smallest absolute Gasteiger partial charge is 0.306 e. The molecule has 442 valence electrons. The highest BCUT2D eigenvalue weighted by molar-refractivity contribution is 5.71. The number of hydrogen-bond donors (Lipinski definition) is 0. The van der Waals surface area contributed by atoms with E-state index in [1.54, 1.807) is 0 Å². The van der Waals surface area contributed by atoms with Crippen molar-refractivity contribution in [2.24, 2.45) is 0 Å². The highest BCUT2D eigenvalue weighted by atomic mass is 16.6. The molecule has 0 N–H and O–H groups in total. The first kappa shape index (κ1) is 73.3. The average molecular weight is 1070 g/mol. The SMILES string of the molecule is CC/C=C\C/C=C\C/C=C\C/C=C\CCCCCCCCCCCCCCCCCCC(=O)OCC(COC(=O)CCCCCCC/C=C\C/C=C\CCC)OC(=O)CCCCCCCCC/C=C\C/C=C\CCCCC. The number of hydrogen-bond acceptors (Lipinski definition) is 6. The summed E-state index contributed by atoms with van der Waals surface area (Å²) < 4.78 is 16.9. The molecule has 0 aliphatic heterocycles. The first-order valence-electron chi connectivity index (χ1n) is 32.7. The summed E-state index contributed by atoms with van der Waals surface area (Å²) in [5.41, 5.74) is 0. The Hall–Kier alpha value is -3.67. The quantitative estimate of drug-likeness (QED) is 0.0261. The van der Waals surface area contributed by atoms with E-state index in [4.69, 9.17) is 14.2 Å². The van der Waals surface area contributed by atoms with E-state index >= 15 is 0 Å². The first-order valence-corrected chi connectivity index (χ1v) is 32.7. The molecule has 0 fully saturated rings. The summed E-state index contributed by atoms with van der Waals surface area (Å²) in [7, 11) is 0. The molecule has 0 radical (unpaired) electrons. The maximum atomic E-state index is 12.9. The van der Waals surface area contributed by atoms with Gasteiger partial charge in [-0.25, -0.2) is 0 Å². The summed E-state index contributed by atoms with van der Waals surface area (Å²) in [5.74, 6) is -0.895. The molecule has 0 saturated heterocycles. The Balaban J connectivity index is 4.24. The maximum absolute atomic E-state index is 12.9. The summed E-state index contributed by atoms with van der Waals surface area (Å²) in [4.78, 5) is 38.3. The third-order valence-electron chi connectivity index (χ3n) is 14.0. The van der Waals surface area contributed by atoms with Crippen molar-refractivity contribution in [3.05, 3.63) is 97.2 Å². The van der Waals surface area contributed by atoms with Crippen molar-refractivity contribution in [2.45, 2.75) is 322 Å². The van der Waals surface area contributed by atoms with Crippen LogP contribution in [0, 0.1) is 0 Å². The molecule has 1 atom stereocenters. The van der Waals surface area contributed by atoms with Gasteiger partial charge in [0, 0.05) is 19.3 Å². The van der Waals surface area contributed by atoms with Gasteiger partial charge in [-0.2, -0.15) is 0 Å². The molecule has 0 aromatic rings. The van der Waals surface area contributed by atoms with Crippen molar-refractivity contribution >= 4 is 17.9 Å². The summed E-state index contributed by atoms with van der Waals surface area (Å²) in [6.07, 6.45) is 87.1. The van der Waals surface area contributed by atoms with Gasteiger partial charge < -0.3 is 14.2 Å². The van der Waals surface area contributed by atoms with Crippen molar-refractivity contribution in [1.29, 1.82) is 0 Å². The minimum absolute atomic E-state index is 0.0833. The van der Waals surface area contributed by atoms with Gasteiger partial charge in [-0.1, -0.05) is 279 Å². The lowest BCUT2D eigenvalue weighted by Crippen LogP contribution is -2.30. The first-order chi connectivity index (χ1) is 38.0. The van der Waals surface area contributed by atoms with Gasteiger partial charge in [0.1, 0.15) is 13.2 Å². The normalized spacial score (nSPS) is 12.7. The van der Waals surface area contributed by atoms with Crippen molar-refractivity contribution in [1.82, 2.24) is 0 Å². The fraction of sp³-hybridized carbons (Fsp3) is 0.732. The third-order valence-corrected chi connectivity index (χ3v) is 14.0. The van der Waals surface area contributed by atoms with E-state index in [2.05, 4.69) is 118 Å². The van der Waals surface area contributed by atoms with Crippen LogP contribution in [0.15, 0.2) is 97.2 Å². The number of allylic oxidation sites excluding steroid dienone is 16. The Morgan fingerprint density at radius 2 is 0.532 bits per heavy atom. The van der Waals surface area contributed by atoms with E-state index in [0.717, 1.165) is 128 Å². The van der Waals surface area contributed by atoms with Gasteiger partial charge in [0.05, 0.1) is 0 Å². The fourth-order valence-corrected chi connectivity index (χ4v) is 9.15. The van der Waals surface area contributed by atoms with Gasteiger partial charge in [-0.3, -0.25) is 14.4 Å². The van der Waals surface area contributed by atoms with Gasteiger partial charge in [0.2, 0.25) is 0 Å². The second-order valence-electron chi connectivity index (χ2n) is 21.6. The largest absolute Gasteiger partial charge is 0.462 e. The molecule has 6 nitrogen and oxygen atoms in total. The van der Waals surface area contributed by atoms with Gasteiger partial charge >= 0.3 is 17.9 Å². The van der Waals surface area contributed by atoms with Crippen LogP contribution in [0.1, 0.15) is 316 Å². The highest BCUT2D eigenvalue weighted by Gasteiger charge is 2.19. The molecule has 0 aliphatic carbocycles. The van der Waals surface area contributed by atoms with Crippen molar-refractivity contribution in [3.63, 3.8) is 0 Å². The predicted molar refractivity (Wildman–Crippen MR) is 334 cm³/mol. The molecule has 0 rings (SSSR count). The van der Waals surface area contributed by atoms with Crippen molar-refractivity contribution in [3.8, 4) is 0 Å². The van der Waals surface area contributed by atoms with Gasteiger partial charge in [0.15, 0.2) is 6.10 Å². The van der Waals surface area contributed by atoms with Crippen LogP contribution < -0.4 is 0 Å². The molecular formula is C71H122O6. The number of ether oxygens (including phenoxy) is 3. The Bertz CT molecular complexity index is 1510. The Kier molecular flexibility index (Phi) is 61.8. The lowest BCUT2D eigenvalue weighted by Gasteiger charge is -2.18. The molecule has 0 aliphatic rings. The fourth-order valence-electron chi connectivity index (χ4n) is 9.15. The van der Waals surface area contributed by atoms with Gasteiger partial charge in [-0.15, -0.1) is 0 Å². The second kappa shape index (κ2) is 64.9. The zero-order chi connectivity index (χ0) is 55.7. The van der Waals surface area contributed by atoms with E-state index in [1.807, 2.05) is 0 Å². The van der Waals surface area contributed by atoms with Crippen LogP contribution in [-0.4, -0.2) is 37.2 Å². The minimum Gasteiger partial charge on any atom is -0.462 e. The van der Waals surface area contributed by atoms with E-state index in [1.165, 1.54) is 148 Å². The Labute approximate surface area is 477 Å². The Morgan fingerprint density at radius 1 is 0.273 bits per heavy atom. The van der Waals surface area contributed by atoms with Crippen LogP contribution in [0.2, 0.25) is 0 Å². The van der Waals surface area contributed by atoms with Gasteiger partial charge in [0.25, 0.3) is 0 Å². The maximum Gasteiger partial charge on any atom is 0.306 e. The zero-order valence-electron chi connectivity index (χ0n) is 50.7. The van der Waals surface area contributed by atoms with E-state index < -0.39 is 6.10 Å². The average Bonchev–Trinajstić information content (AvgIpc) is 3.43. The van der Waals surface area contributed by atoms with Crippen LogP contribution in [0.3, 0.4) is 0 Å². The molecule has 0 aromatic carbocycles. The second-order valence-corrected chi connectivity index (χ2v) is 21.6. The van der Waals surface area contributed by atoms with Crippen LogP contribution in [0.4, 0.5) is 0 Å². The lowest BCUT2D eigenvalue weighted by molar-refractivity contribution is -0.167. The molecule has 0 bridgehead atoms. The summed E-state index contributed by atoms with van der Waals surface area (Å²) in [5, 5.41) is 0. The number of carbonyl (C=O) groups excluding carboxylic acids is 3. The predicted octanol–water partition coefficient (Wildman–Crippen LogP) is 22.4. The van der Waals surface area contributed by atoms with Crippen LogP contribution in [0.5, 0.6) is 0 Å². The molecule has 0 aromatic heterocycles. The monoisotopic (exact) mass is 1070 g/mol. The highest BCUT2D eigenvalue weighted by Crippen LogP contribution is 2.17. The molecule has 0 spiro atoms. The molecule has 0 saturated carbocycles. The molecule has 1 unspecified atom stereocenters. The van der Waals surface area contributed by atoms with Crippen LogP contribution in [0.25, 0.3) is 0 Å². The lowest BCUT2D eigenvalue weighted by atomic mass is 10.0. The van der Waals surface area contributed by atoms with E-state index in [-0.39, 0.29) is 31.1 Å². The van der Waals surface area contributed by atoms with Gasteiger partial charge in [-0.05, 0) is 116 Å². The molecule has 6 heteroatoms. The summed E-state index contributed by atoms with van der Waals surface area (Å²) >= 11 is 0. The number of esters is 3. The molecule has 77 heavy (non-hydrogen) atoms. The number of unbranched alkanes of at least 4 members (excludes halogenated alkanes) is 32. The van der Waals surface area contributed by atoms with E-state index in [9.17, 15) is 14.4 Å². The zero-order valence-corrected chi connectivity index (χ0v) is 50.7. The summed E-state index contributed by atoms with van der Waals surface area (Å²) in [6, 6.07) is 0. The van der Waals surface area contributed by atoms with Crippen LogP contribution >= 0.6 is 0 Å². The Morgan fingerprint density at radius 3 is 0.844 bits per heavy atom. The molecule has 0 heterocycles. The minimum atomic E-state index is -0.788. The topological polar surface area (TPSA) is 78.9 Å². The van der Waals surface area contributed by atoms with Crippen molar-refractivity contribution in [2.75, 3.05) is 13.2 Å².